The lowest BCUT2D eigenvalue weighted by Crippen LogP contribution is -2.08. The largest absolute Gasteiger partial charge is 0.337 e. The van der Waals surface area contributed by atoms with Crippen LogP contribution in [0.1, 0.15) is 17.7 Å². The molecule has 4 heteroatoms. The highest BCUT2D eigenvalue weighted by Gasteiger charge is 2.13. The summed E-state index contributed by atoms with van der Waals surface area (Å²) in [5.74, 6) is 6.04. The molecule has 0 spiro atoms. The molecule has 0 fully saturated rings. The number of rotatable bonds is 4. The maximum Gasteiger partial charge on any atom is 0.187 e. The third kappa shape index (κ3) is 3.11. The quantitative estimate of drug-likeness (QED) is 0.581. The summed E-state index contributed by atoms with van der Waals surface area (Å²) >= 11 is 1.67. The van der Waals surface area contributed by atoms with E-state index in [1.54, 1.807) is 16.4 Å². The van der Waals surface area contributed by atoms with Crippen LogP contribution in [0.15, 0.2) is 72.0 Å². The van der Waals surface area contributed by atoms with Crippen molar-refractivity contribution >= 4 is 11.8 Å². The molecule has 0 amide bonds. The summed E-state index contributed by atoms with van der Waals surface area (Å²) in [5.41, 5.74) is 3.25. The molecule has 3 aromatic rings. The van der Waals surface area contributed by atoms with Crippen molar-refractivity contribution in [2.45, 2.75) is 17.3 Å². The lowest BCUT2D eigenvalue weighted by Gasteiger charge is -2.10. The molecule has 106 valence electrons. The Morgan fingerprint density at radius 3 is 2.29 bits per heavy atom. The van der Waals surface area contributed by atoms with Gasteiger partial charge in [0, 0.05) is 10.8 Å². The summed E-state index contributed by atoms with van der Waals surface area (Å²) in [4.78, 5) is 4.65. The average Bonchev–Trinajstić information content (AvgIpc) is 2.90. The first-order valence-corrected chi connectivity index (χ1v) is 7.73. The average molecular weight is 295 g/mol. The smallest absolute Gasteiger partial charge is 0.187 e. The molecule has 0 bridgehead atoms. The number of imidazole rings is 1. The molecule has 1 heterocycles. The Kier molecular flexibility index (Phi) is 3.97. The summed E-state index contributed by atoms with van der Waals surface area (Å²) in [6, 6.07) is 20.5. The second kappa shape index (κ2) is 6.06. The molecular formula is C17H17N3S. The van der Waals surface area contributed by atoms with Crippen LogP contribution < -0.4 is 5.84 Å². The summed E-state index contributed by atoms with van der Waals surface area (Å²) < 4.78 is 1.60. The molecule has 2 aromatic carbocycles. The van der Waals surface area contributed by atoms with Gasteiger partial charge in [-0.15, -0.1) is 0 Å². The van der Waals surface area contributed by atoms with E-state index < -0.39 is 0 Å². The number of nitrogen functional groups attached to an aromatic ring is 1. The Morgan fingerprint density at radius 1 is 1.00 bits per heavy atom. The van der Waals surface area contributed by atoms with Gasteiger partial charge in [-0.3, -0.25) is 0 Å². The van der Waals surface area contributed by atoms with E-state index in [9.17, 15) is 0 Å². The van der Waals surface area contributed by atoms with E-state index in [4.69, 9.17) is 5.84 Å². The highest BCUT2D eigenvalue weighted by Crippen LogP contribution is 2.34. The SMILES string of the molecule is C[C@H](Sc1nc(-c2ccccc2)cn1N)c1ccccc1. The number of hydrogen-bond donors (Lipinski definition) is 1. The molecule has 0 saturated carbocycles. The number of nitrogens with zero attached hydrogens (tertiary/aromatic N) is 2. The number of benzene rings is 2. The highest BCUT2D eigenvalue weighted by molar-refractivity contribution is 7.99. The second-order valence-corrected chi connectivity index (χ2v) is 6.16. The van der Waals surface area contributed by atoms with E-state index in [2.05, 4.69) is 36.2 Å². The van der Waals surface area contributed by atoms with Crippen molar-refractivity contribution in [3.05, 3.63) is 72.4 Å². The lowest BCUT2D eigenvalue weighted by atomic mass is 10.2. The van der Waals surface area contributed by atoms with Crippen molar-refractivity contribution in [2.24, 2.45) is 0 Å². The van der Waals surface area contributed by atoms with Gasteiger partial charge in [0.05, 0.1) is 11.9 Å². The first-order valence-electron chi connectivity index (χ1n) is 6.85. The molecule has 0 unspecified atom stereocenters. The van der Waals surface area contributed by atoms with Gasteiger partial charge in [0.1, 0.15) is 0 Å². The van der Waals surface area contributed by atoms with E-state index in [1.165, 1.54) is 5.56 Å². The van der Waals surface area contributed by atoms with Crippen LogP contribution in [-0.4, -0.2) is 9.66 Å². The van der Waals surface area contributed by atoms with Gasteiger partial charge in [0.2, 0.25) is 0 Å². The molecule has 1 atom stereocenters. The monoisotopic (exact) mass is 295 g/mol. The Hall–Kier alpha value is -2.20. The van der Waals surface area contributed by atoms with E-state index in [-0.39, 0.29) is 0 Å². The Balaban J connectivity index is 1.82. The Morgan fingerprint density at radius 2 is 1.62 bits per heavy atom. The van der Waals surface area contributed by atoms with Gasteiger partial charge in [-0.05, 0) is 12.5 Å². The van der Waals surface area contributed by atoms with Crippen LogP contribution in [0.2, 0.25) is 0 Å². The molecule has 21 heavy (non-hydrogen) atoms. The van der Waals surface area contributed by atoms with Crippen molar-refractivity contribution in [3.8, 4) is 11.3 Å². The predicted molar refractivity (Wildman–Crippen MR) is 88.5 cm³/mol. The van der Waals surface area contributed by atoms with E-state index >= 15 is 0 Å². The summed E-state index contributed by atoms with van der Waals surface area (Å²) in [6.45, 7) is 2.16. The van der Waals surface area contributed by atoms with Gasteiger partial charge >= 0.3 is 0 Å². The number of aromatic nitrogens is 2. The van der Waals surface area contributed by atoms with Gasteiger partial charge < -0.3 is 5.84 Å². The minimum absolute atomic E-state index is 0.305. The first kappa shape index (κ1) is 13.8. The maximum absolute atomic E-state index is 6.04. The zero-order valence-corrected chi connectivity index (χ0v) is 12.6. The minimum atomic E-state index is 0.305. The molecule has 3 rings (SSSR count). The van der Waals surface area contributed by atoms with Gasteiger partial charge in [-0.25, -0.2) is 9.66 Å². The molecule has 0 aliphatic rings. The van der Waals surface area contributed by atoms with Crippen LogP contribution in [0.3, 0.4) is 0 Å². The summed E-state index contributed by atoms with van der Waals surface area (Å²) in [7, 11) is 0. The van der Waals surface area contributed by atoms with E-state index in [0.29, 0.717) is 5.25 Å². The topological polar surface area (TPSA) is 43.8 Å². The molecule has 0 aliphatic heterocycles. The lowest BCUT2D eigenvalue weighted by molar-refractivity contribution is 0.846. The zero-order valence-electron chi connectivity index (χ0n) is 11.8. The molecule has 0 aliphatic carbocycles. The normalized spacial score (nSPS) is 12.2. The minimum Gasteiger partial charge on any atom is -0.337 e. The number of hydrogen-bond acceptors (Lipinski definition) is 3. The van der Waals surface area contributed by atoms with Crippen LogP contribution in [0.5, 0.6) is 0 Å². The van der Waals surface area contributed by atoms with Crippen molar-refractivity contribution < 1.29 is 0 Å². The first-order chi connectivity index (χ1) is 10.2. The molecule has 3 nitrogen and oxygen atoms in total. The Labute approximate surface area is 128 Å². The van der Waals surface area contributed by atoms with Crippen molar-refractivity contribution in [3.63, 3.8) is 0 Å². The molecule has 2 N–H and O–H groups in total. The van der Waals surface area contributed by atoms with Gasteiger partial charge in [-0.2, -0.15) is 0 Å². The van der Waals surface area contributed by atoms with Crippen LogP contribution in [0, 0.1) is 0 Å². The van der Waals surface area contributed by atoms with Gasteiger partial charge in [0.25, 0.3) is 0 Å². The van der Waals surface area contributed by atoms with Gasteiger partial charge in [-0.1, -0.05) is 72.4 Å². The zero-order chi connectivity index (χ0) is 14.7. The molecule has 0 saturated heterocycles. The standard InChI is InChI=1S/C17H17N3S/c1-13(14-8-4-2-5-9-14)21-17-19-16(12-20(17)18)15-10-6-3-7-11-15/h2-13H,18H2,1H3/t13-/m0/s1. The molecular weight excluding hydrogens is 278 g/mol. The highest BCUT2D eigenvalue weighted by atomic mass is 32.2. The fourth-order valence-corrected chi connectivity index (χ4v) is 3.10. The van der Waals surface area contributed by atoms with E-state index in [0.717, 1.165) is 16.4 Å². The number of thioether (sulfide) groups is 1. The van der Waals surface area contributed by atoms with Crippen LogP contribution >= 0.6 is 11.8 Å². The number of nitrogens with two attached hydrogens (primary N) is 1. The maximum atomic E-state index is 6.04. The molecule has 1 aromatic heterocycles. The third-order valence-electron chi connectivity index (χ3n) is 3.32. The van der Waals surface area contributed by atoms with Crippen LogP contribution in [0.4, 0.5) is 0 Å². The van der Waals surface area contributed by atoms with Crippen LogP contribution in [0.25, 0.3) is 11.3 Å². The summed E-state index contributed by atoms with van der Waals surface area (Å²) in [6.07, 6.45) is 1.87. The van der Waals surface area contributed by atoms with Crippen molar-refractivity contribution in [1.29, 1.82) is 0 Å². The fourth-order valence-electron chi connectivity index (χ4n) is 2.16. The molecule has 0 radical (unpaired) electrons. The summed E-state index contributed by atoms with van der Waals surface area (Å²) in [5, 5.41) is 1.13. The fraction of sp³-hybridized carbons (Fsp3) is 0.118. The van der Waals surface area contributed by atoms with E-state index in [1.807, 2.05) is 42.6 Å². The Bertz CT molecular complexity index is 707. The van der Waals surface area contributed by atoms with Crippen LogP contribution in [-0.2, 0) is 0 Å². The predicted octanol–water partition coefficient (Wildman–Crippen LogP) is 4.12. The van der Waals surface area contributed by atoms with Gasteiger partial charge in [0.15, 0.2) is 5.16 Å². The van der Waals surface area contributed by atoms with Crippen molar-refractivity contribution in [1.82, 2.24) is 9.66 Å². The van der Waals surface area contributed by atoms with Crippen molar-refractivity contribution in [2.75, 3.05) is 5.84 Å². The third-order valence-corrected chi connectivity index (χ3v) is 4.46. The second-order valence-electron chi connectivity index (χ2n) is 4.85.